The summed E-state index contributed by atoms with van der Waals surface area (Å²) >= 11 is 0. The number of hydrogen-bond donors (Lipinski definition) is 3. The number of carboxylic acid groups (broad SMARTS) is 1. The van der Waals surface area contributed by atoms with E-state index >= 15 is 0 Å². The Kier molecular flexibility index (Phi) is 5.41. The van der Waals surface area contributed by atoms with Crippen molar-refractivity contribution in [3.63, 3.8) is 0 Å². The molecule has 0 bridgehead atoms. The van der Waals surface area contributed by atoms with Crippen LogP contribution < -0.4 is 10.6 Å². The highest BCUT2D eigenvalue weighted by atomic mass is 19.4. The number of halogens is 3. The van der Waals surface area contributed by atoms with E-state index < -0.39 is 23.8 Å². The number of likely N-dealkylation sites (N-methyl/N-ethyl adjacent to an activating group) is 1. The molecule has 28 heavy (non-hydrogen) atoms. The molecule has 0 aliphatic heterocycles. The predicted octanol–water partition coefficient (Wildman–Crippen LogP) is 3.11. The molecule has 0 saturated heterocycles. The molecule has 0 aliphatic carbocycles. The number of aromatic carboxylic acids is 1. The number of rotatable bonds is 6. The van der Waals surface area contributed by atoms with E-state index in [4.69, 9.17) is 0 Å². The number of carboxylic acids is 1. The van der Waals surface area contributed by atoms with Crippen LogP contribution in [0.25, 0.3) is 11.0 Å². The van der Waals surface area contributed by atoms with Crippen LogP contribution in [0.1, 0.15) is 27.5 Å². The molecule has 1 atom stereocenters. The van der Waals surface area contributed by atoms with Gasteiger partial charge in [-0.05, 0) is 30.8 Å². The molecule has 2 aromatic heterocycles. The summed E-state index contributed by atoms with van der Waals surface area (Å²) in [6.45, 7) is 0.384. The Morgan fingerprint density at radius 3 is 2.43 bits per heavy atom. The fourth-order valence-electron chi connectivity index (χ4n) is 2.77. The second-order valence-electron chi connectivity index (χ2n) is 5.96. The van der Waals surface area contributed by atoms with Gasteiger partial charge in [0.15, 0.2) is 5.82 Å². The average Bonchev–Trinajstić information content (AvgIpc) is 2.66. The molecule has 3 N–H and O–H groups in total. The van der Waals surface area contributed by atoms with Crippen LogP contribution >= 0.6 is 0 Å². The number of anilines is 1. The molecule has 0 saturated carbocycles. The summed E-state index contributed by atoms with van der Waals surface area (Å²) in [5.74, 6) is -0.861. The van der Waals surface area contributed by atoms with Gasteiger partial charge in [-0.3, -0.25) is 4.98 Å². The van der Waals surface area contributed by atoms with E-state index in [-0.39, 0.29) is 22.4 Å². The van der Waals surface area contributed by atoms with Crippen LogP contribution in [0, 0.1) is 0 Å². The zero-order valence-corrected chi connectivity index (χ0v) is 14.7. The third kappa shape index (κ3) is 4.01. The summed E-state index contributed by atoms with van der Waals surface area (Å²) in [6, 6.07) is 5.70. The minimum absolute atomic E-state index is 0.0184. The average molecular weight is 391 g/mol. The van der Waals surface area contributed by atoms with Crippen molar-refractivity contribution in [1.82, 2.24) is 20.3 Å². The fourth-order valence-corrected chi connectivity index (χ4v) is 2.77. The molecule has 0 fully saturated rings. The number of fused-ring (bicyclic) bond motifs is 1. The van der Waals surface area contributed by atoms with Gasteiger partial charge in [0.1, 0.15) is 17.4 Å². The van der Waals surface area contributed by atoms with Crippen molar-refractivity contribution in [2.75, 3.05) is 18.9 Å². The summed E-state index contributed by atoms with van der Waals surface area (Å²) in [4.78, 5) is 23.7. The number of aromatic nitrogens is 3. The SMILES string of the molecule is CNC[C@@H](Nc1ncnc2c(C(=O)O)ccnc12)c1ccc(C(F)(F)F)cc1. The minimum atomic E-state index is -4.41. The first-order valence-corrected chi connectivity index (χ1v) is 8.22. The molecule has 7 nitrogen and oxygen atoms in total. The van der Waals surface area contributed by atoms with Crippen LogP contribution in [-0.2, 0) is 6.18 Å². The van der Waals surface area contributed by atoms with E-state index in [1.807, 2.05) is 0 Å². The molecule has 0 amide bonds. The van der Waals surface area contributed by atoms with E-state index in [1.54, 1.807) is 7.05 Å². The normalized spacial score (nSPS) is 12.7. The molecule has 3 rings (SSSR count). The van der Waals surface area contributed by atoms with Crippen molar-refractivity contribution in [3.8, 4) is 0 Å². The van der Waals surface area contributed by atoms with E-state index in [0.717, 1.165) is 12.1 Å². The number of nitrogens with one attached hydrogen (secondary N) is 2. The highest BCUT2D eigenvalue weighted by Gasteiger charge is 2.30. The van der Waals surface area contributed by atoms with Crippen molar-refractivity contribution < 1.29 is 23.1 Å². The standard InChI is InChI=1S/C18H16F3N5O2/c1-22-8-13(10-2-4-11(5-3-10)18(19,20)21)26-16-15-14(24-9-25-16)12(17(27)28)6-7-23-15/h2-7,9,13,22H,8H2,1H3,(H,27,28)(H,24,25,26)/t13-/m1/s1. The Labute approximate surface area is 157 Å². The van der Waals surface area contributed by atoms with Gasteiger partial charge in [0.25, 0.3) is 0 Å². The molecule has 0 aliphatic rings. The number of hydrogen-bond acceptors (Lipinski definition) is 6. The van der Waals surface area contributed by atoms with E-state index in [0.29, 0.717) is 12.1 Å². The fraction of sp³-hybridized carbons (Fsp3) is 0.222. The molecule has 2 heterocycles. The molecule has 1 aromatic carbocycles. The lowest BCUT2D eigenvalue weighted by Crippen LogP contribution is -2.24. The van der Waals surface area contributed by atoms with Crippen LogP contribution in [0.2, 0.25) is 0 Å². The number of carbonyl (C=O) groups is 1. The Bertz CT molecular complexity index is 993. The van der Waals surface area contributed by atoms with Gasteiger partial charge in [-0.25, -0.2) is 14.8 Å². The van der Waals surface area contributed by atoms with E-state index in [1.165, 1.54) is 30.7 Å². The number of alkyl halides is 3. The topological polar surface area (TPSA) is 100 Å². The number of benzene rings is 1. The lowest BCUT2D eigenvalue weighted by molar-refractivity contribution is -0.137. The Morgan fingerprint density at radius 1 is 1.11 bits per heavy atom. The van der Waals surface area contributed by atoms with Crippen molar-refractivity contribution in [3.05, 3.63) is 59.5 Å². The van der Waals surface area contributed by atoms with Crippen LogP contribution in [0.5, 0.6) is 0 Å². The van der Waals surface area contributed by atoms with E-state index in [2.05, 4.69) is 25.6 Å². The summed E-state index contributed by atoms with van der Waals surface area (Å²) in [5.41, 5.74) is 0.275. The van der Waals surface area contributed by atoms with Gasteiger partial charge in [0, 0.05) is 12.7 Å². The third-order valence-corrected chi connectivity index (χ3v) is 4.11. The van der Waals surface area contributed by atoms with Crippen LogP contribution in [-0.4, -0.2) is 39.6 Å². The van der Waals surface area contributed by atoms with Gasteiger partial charge in [0.2, 0.25) is 0 Å². The smallest absolute Gasteiger partial charge is 0.416 e. The maximum absolute atomic E-state index is 12.8. The van der Waals surface area contributed by atoms with Gasteiger partial charge in [0.05, 0.1) is 17.2 Å². The first kappa shape index (κ1) is 19.5. The van der Waals surface area contributed by atoms with Crippen LogP contribution in [0.4, 0.5) is 19.0 Å². The lowest BCUT2D eigenvalue weighted by Gasteiger charge is -2.20. The van der Waals surface area contributed by atoms with E-state index in [9.17, 15) is 23.1 Å². The first-order valence-electron chi connectivity index (χ1n) is 8.22. The van der Waals surface area contributed by atoms with Crippen LogP contribution in [0.15, 0.2) is 42.9 Å². The summed E-state index contributed by atoms with van der Waals surface area (Å²) in [5, 5.41) is 15.4. The van der Waals surface area contributed by atoms with Crippen molar-refractivity contribution in [2.45, 2.75) is 12.2 Å². The second kappa shape index (κ2) is 7.77. The minimum Gasteiger partial charge on any atom is -0.478 e. The summed E-state index contributed by atoms with van der Waals surface area (Å²) in [7, 11) is 1.71. The third-order valence-electron chi connectivity index (χ3n) is 4.11. The van der Waals surface area contributed by atoms with Gasteiger partial charge in [-0.15, -0.1) is 0 Å². The highest BCUT2D eigenvalue weighted by Crippen LogP contribution is 2.31. The maximum Gasteiger partial charge on any atom is 0.416 e. The van der Waals surface area contributed by atoms with Gasteiger partial charge >= 0.3 is 12.1 Å². The quantitative estimate of drug-likeness (QED) is 0.594. The Hall–Kier alpha value is -3.27. The molecule has 0 spiro atoms. The Morgan fingerprint density at radius 2 is 1.82 bits per heavy atom. The maximum atomic E-state index is 12.8. The molecular weight excluding hydrogens is 375 g/mol. The predicted molar refractivity (Wildman–Crippen MR) is 96.0 cm³/mol. The van der Waals surface area contributed by atoms with Gasteiger partial charge in [-0.2, -0.15) is 13.2 Å². The van der Waals surface area contributed by atoms with Gasteiger partial charge in [-0.1, -0.05) is 12.1 Å². The zero-order valence-electron chi connectivity index (χ0n) is 14.7. The van der Waals surface area contributed by atoms with Crippen molar-refractivity contribution in [1.29, 1.82) is 0 Å². The number of pyridine rings is 1. The van der Waals surface area contributed by atoms with Crippen LogP contribution in [0.3, 0.4) is 0 Å². The largest absolute Gasteiger partial charge is 0.478 e. The molecular formula is C18H16F3N5O2. The summed E-state index contributed by atoms with van der Waals surface area (Å²) in [6.07, 6.45) is -1.86. The monoisotopic (exact) mass is 391 g/mol. The Balaban J connectivity index is 1.97. The molecule has 0 radical (unpaired) electrons. The molecule has 146 valence electrons. The van der Waals surface area contributed by atoms with Crippen molar-refractivity contribution >= 4 is 22.8 Å². The lowest BCUT2D eigenvalue weighted by atomic mass is 10.0. The molecule has 0 unspecified atom stereocenters. The van der Waals surface area contributed by atoms with Crippen molar-refractivity contribution in [2.24, 2.45) is 0 Å². The second-order valence-corrected chi connectivity index (χ2v) is 5.96. The highest BCUT2D eigenvalue weighted by molar-refractivity contribution is 6.02. The first-order chi connectivity index (χ1) is 13.3. The summed E-state index contributed by atoms with van der Waals surface area (Å²) < 4.78 is 38.4. The number of nitrogens with zero attached hydrogens (tertiary/aromatic N) is 3. The molecule has 10 heteroatoms. The van der Waals surface area contributed by atoms with Gasteiger partial charge < -0.3 is 15.7 Å². The zero-order chi connectivity index (χ0) is 20.3. The molecule has 3 aromatic rings.